The van der Waals surface area contributed by atoms with Gasteiger partial charge in [0.25, 0.3) is 0 Å². The minimum absolute atomic E-state index is 0.00450. The van der Waals surface area contributed by atoms with Gasteiger partial charge in [-0.3, -0.25) is 4.79 Å². The fourth-order valence-electron chi connectivity index (χ4n) is 3.11. The van der Waals surface area contributed by atoms with Crippen LogP contribution in [-0.4, -0.2) is 26.2 Å². The summed E-state index contributed by atoms with van der Waals surface area (Å²) in [4.78, 5) is 20.7. The first-order valence-electron chi connectivity index (χ1n) is 9.46. The third-order valence-corrected chi connectivity index (χ3v) is 5.87. The van der Waals surface area contributed by atoms with Crippen molar-refractivity contribution in [2.45, 2.75) is 17.9 Å². The summed E-state index contributed by atoms with van der Waals surface area (Å²) in [6.45, 7) is 0.404. The summed E-state index contributed by atoms with van der Waals surface area (Å²) in [6.07, 6.45) is -2.96. The maximum Gasteiger partial charge on any atom is 0.416 e. The van der Waals surface area contributed by atoms with Crippen LogP contribution < -0.4 is 5.32 Å². The molecule has 0 bridgehead atoms. The number of thioether (sulfide) groups is 1. The number of anilines is 1. The number of nitrogens with one attached hydrogen (secondary N) is 1. The highest BCUT2D eigenvalue weighted by Gasteiger charge is 2.31. The Morgan fingerprint density at radius 2 is 1.88 bits per heavy atom. The average molecular weight is 477 g/mol. The first-order valence-corrected chi connectivity index (χ1v) is 10.8. The number of hydrogen-bond acceptors (Lipinski definition) is 4. The van der Waals surface area contributed by atoms with Gasteiger partial charge in [0.15, 0.2) is 10.3 Å². The van der Waals surface area contributed by atoms with E-state index in [1.54, 1.807) is 16.7 Å². The van der Waals surface area contributed by atoms with Crippen LogP contribution in [0.15, 0.2) is 72.0 Å². The van der Waals surface area contributed by atoms with Crippen molar-refractivity contribution in [1.82, 2.24) is 14.5 Å². The van der Waals surface area contributed by atoms with Crippen molar-refractivity contribution >= 4 is 46.0 Å². The number of carbonyl (C=O) groups is 1. The molecular formula is C22H16ClF3N4OS. The number of amides is 1. The van der Waals surface area contributed by atoms with E-state index in [-0.39, 0.29) is 22.3 Å². The fraction of sp³-hybridized carbons (Fsp3) is 0.136. The summed E-state index contributed by atoms with van der Waals surface area (Å²) < 4.78 is 41.3. The second-order valence-electron chi connectivity index (χ2n) is 6.85. The molecule has 0 aliphatic heterocycles. The van der Waals surface area contributed by atoms with E-state index in [1.807, 2.05) is 30.3 Å². The Morgan fingerprint density at radius 1 is 1.09 bits per heavy atom. The van der Waals surface area contributed by atoms with Crippen molar-refractivity contribution in [3.05, 3.63) is 83.1 Å². The summed E-state index contributed by atoms with van der Waals surface area (Å²) >= 11 is 7.10. The smallest absolute Gasteiger partial charge is 0.323 e. The van der Waals surface area contributed by atoms with Gasteiger partial charge in [0.2, 0.25) is 5.91 Å². The van der Waals surface area contributed by atoms with Gasteiger partial charge < -0.3 is 9.88 Å². The lowest BCUT2D eigenvalue weighted by Crippen LogP contribution is -2.15. The predicted octanol–water partition coefficient (Wildman–Crippen LogP) is 5.88. The van der Waals surface area contributed by atoms with E-state index in [0.29, 0.717) is 22.9 Å². The summed E-state index contributed by atoms with van der Waals surface area (Å²) in [5, 5.41) is 3.28. The molecule has 2 heterocycles. The average Bonchev–Trinajstić information content (AvgIpc) is 3.11. The summed E-state index contributed by atoms with van der Waals surface area (Å²) in [6, 6.07) is 16.2. The molecule has 32 heavy (non-hydrogen) atoms. The zero-order valence-electron chi connectivity index (χ0n) is 16.4. The molecule has 1 amide bonds. The Labute approximate surface area is 190 Å². The van der Waals surface area contributed by atoms with Gasteiger partial charge in [-0.05, 0) is 35.9 Å². The first-order chi connectivity index (χ1) is 15.3. The van der Waals surface area contributed by atoms with Gasteiger partial charge in [-0.2, -0.15) is 13.2 Å². The van der Waals surface area contributed by atoms with Gasteiger partial charge in [-0.15, -0.1) is 0 Å². The molecule has 0 saturated heterocycles. The molecule has 4 rings (SSSR count). The SMILES string of the molecule is O=C(CSc1nc2cc(C(F)(F)F)ccc2n1Cc1ccccc1)Nc1cccnc1Cl. The van der Waals surface area contributed by atoms with Gasteiger partial charge in [-0.1, -0.05) is 53.7 Å². The highest BCUT2D eigenvalue weighted by molar-refractivity contribution is 7.99. The molecule has 0 aliphatic carbocycles. The van der Waals surface area contributed by atoms with Crippen molar-refractivity contribution in [3.63, 3.8) is 0 Å². The van der Waals surface area contributed by atoms with Crippen LogP contribution in [-0.2, 0) is 17.5 Å². The lowest BCUT2D eigenvalue weighted by Gasteiger charge is -2.10. The number of nitrogens with zero attached hydrogens (tertiary/aromatic N) is 3. The van der Waals surface area contributed by atoms with Gasteiger partial charge in [0, 0.05) is 6.20 Å². The number of rotatable bonds is 6. The minimum Gasteiger partial charge on any atom is -0.323 e. The number of aromatic nitrogens is 3. The van der Waals surface area contributed by atoms with Crippen LogP contribution in [0.25, 0.3) is 11.0 Å². The Bertz CT molecular complexity index is 1260. The van der Waals surface area contributed by atoms with Gasteiger partial charge in [0.05, 0.1) is 34.6 Å². The van der Waals surface area contributed by atoms with Crippen molar-refractivity contribution in [2.75, 3.05) is 11.1 Å². The van der Waals surface area contributed by atoms with Crippen molar-refractivity contribution < 1.29 is 18.0 Å². The number of hydrogen-bond donors (Lipinski definition) is 1. The monoisotopic (exact) mass is 476 g/mol. The van der Waals surface area contributed by atoms with Crippen molar-refractivity contribution in [3.8, 4) is 0 Å². The summed E-state index contributed by atoms with van der Waals surface area (Å²) in [5.74, 6) is -0.339. The molecule has 0 unspecified atom stereocenters. The predicted molar refractivity (Wildman–Crippen MR) is 119 cm³/mol. The highest BCUT2D eigenvalue weighted by atomic mass is 35.5. The van der Waals surface area contributed by atoms with Gasteiger partial charge in [-0.25, -0.2) is 9.97 Å². The quantitative estimate of drug-likeness (QED) is 0.279. The number of pyridine rings is 1. The zero-order chi connectivity index (χ0) is 22.7. The molecule has 4 aromatic rings. The standard InChI is InChI=1S/C22H16ClF3N4OS/c23-20-16(7-4-10-27-20)28-19(31)13-32-21-29-17-11-15(22(24,25)26)8-9-18(17)30(21)12-14-5-2-1-3-6-14/h1-11H,12-13H2,(H,28,31). The number of carbonyl (C=O) groups excluding carboxylic acids is 1. The first kappa shape index (κ1) is 22.2. The lowest BCUT2D eigenvalue weighted by molar-refractivity contribution is -0.137. The molecule has 1 N–H and O–H groups in total. The van der Waals surface area contributed by atoms with E-state index in [9.17, 15) is 18.0 Å². The van der Waals surface area contributed by atoms with E-state index in [0.717, 1.165) is 29.5 Å². The molecule has 2 aromatic carbocycles. The molecular weight excluding hydrogens is 461 g/mol. The van der Waals surface area contributed by atoms with E-state index in [1.165, 1.54) is 12.3 Å². The molecule has 0 fully saturated rings. The Kier molecular flexibility index (Phi) is 6.38. The third-order valence-electron chi connectivity index (χ3n) is 4.59. The number of alkyl halides is 3. The number of imidazole rings is 1. The molecule has 10 heteroatoms. The van der Waals surface area contributed by atoms with Crippen molar-refractivity contribution in [1.29, 1.82) is 0 Å². The van der Waals surface area contributed by atoms with E-state index in [4.69, 9.17) is 11.6 Å². The lowest BCUT2D eigenvalue weighted by atomic mass is 10.2. The largest absolute Gasteiger partial charge is 0.416 e. The second-order valence-corrected chi connectivity index (χ2v) is 8.15. The normalized spacial score (nSPS) is 11.6. The van der Waals surface area contributed by atoms with Crippen LogP contribution in [0.5, 0.6) is 0 Å². The molecule has 0 radical (unpaired) electrons. The van der Waals surface area contributed by atoms with Crippen LogP contribution in [0.3, 0.4) is 0 Å². The highest BCUT2D eigenvalue weighted by Crippen LogP contribution is 2.33. The summed E-state index contributed by atoms with van der Waals surface area (Å²) in [5.41, 5.74) is 1.34. The molecule has 2 aromatic heterocycles. The zero-order valence-corrected chi connectivity index (χ0v) is 18.0. The number of benzene rings is 2. The van der Waals surface area contributed by atoms with E-state index >= 15 is 0 Å². The molecule has 0 spiro atoms. The van der Waals surface area contributed by atoms with Crippen LogP contribution in [0, 0.1) is 0 Å². The molecule has 164 valence electrons. The minimum atomic E-state index is -4.46. The van der Waals surface area contributed by atoms with Gasteiger partial charge >= 0.3 is 6.18 Å². The molecule has 0 atom stereocenters. The molecule has 0 aliphatic rings. The number of halogens is 4. The second kappa shape index (κ2) is 9.22. The number of fused-ring (bicyclic) bond motifs is 1. The Balaban J connectivity index is 1.61. The van der Waals surface area contributed by atoms with Crippen LogP contribution >= 0.6 is 23.4 Å². The topological polar surface area (TPSA) is 59.8 Å². The van der Waals surface area contributed by atoms with Crippen LogP contribution in [0.4, 0.5) is 18.9 Å². The summed E-state index contributed by atoms with van der Waals surface area (Å²) in [7, 11) is 0. The van der Waals surface area contributed by atoms with Crippen LogP contribution in [0.1, 0.15) is 11.1 Å². The Morgan fingerprint density at radius 3 is 2.59 bits per heavy atom. The van der Waals surface area contributed by atoms with Crippen molar-refractivity contribution in [2.24, 2.45) is 0 Å². The Hall–Kier alpha value is -3.04. The van der Waals surface area contributed by atoms with E-state index < -0.39 is 11.7 Å². The maximum atomic E-state index is 13.2. The molecule has 5 nitrogen and oxygen atoms in total. The van der Waals surface area contributed by atoms with Crippen LogP contribution in [0.2, 0.25) is 5.15 Å². The molecule has 0 saturated carbocycles. The van der Waals surface area contributed by atoms with Gasteiger partial charge in [0.1, 0.15) is 0 Å². The maximum absolute atomic E-state index is 13.2. The van der Waals surface area contributed by atoms with E-state index in [2.05, 4.69) is 15.3 Å². The fourth-order valence-corrected chi connectivity index (χ4v) is 4.09. The third kappa shape index (κ3) is 5.05.